The van der Waals surface area contributed by atoms with Crippen molar-refractivity contribution in [3.63, 3.8) is 0 Å². The van der Waals surface area contributed by atoms with E-state index in [1.54, 1.807) is 7.11 Å². The summed E-state index contributed by atoms with van der Waals surface area (Å²) < 4.78 is 5.37. The monoisotopic (exact) mass is 241 g/mol. The Morgan fingerprint density at radius 2 is 1.88 bits per heavy atom. The van der Waals surface area contributed by atoms with Crippen LogP contribution in [0.25, 0.3) is 0 Å². The van der Waals surface area contributed by atoms with Gasteiger partial charge in [-0.15, -0.1) is 0 Å². The standard InChI is InChI=1S/C13H23NO3/c1-12(2,3)10(15)9-14-11(16)8-13(17-4)6-5-7-13/h5-9H2,1-4H3,(H,14,16). The van der Waals surface area contributed by atoms with Crippen LogP contribution in [0.1, 0.15) is 46.5 Å². The second-order valence-corrected chi connectivity index (χ2v) is 5.87. The fourth-order valence-electron chi connectivity index (χ4n) is 1.82. The van der Waals surface area contributed by atoms with Crippen LogP contribution in [0.3, 0.4) is 0 Å². The highest BCUT2D eigenvalue weighted by Gasteiger charge is 2.39. The molecule has 98 valence electrons. The first-order valence-electron chi connectivity index (χ1n) is 6.14. The fraction of sp³-hybridized carbons (Fsp3) is 0.846. The van der Waals surface area contributed by atoms with Crippen LogP contribution in [0.15, 0.2) is 0 Å². The molecule has 1 saturated carbocycles. The summed E-state index contributed by atoms with van der Waals surface area (Å²) in [5.74, 6) is -0.0462. The minimum absolute atomic E-state index is 0.0472. The van der Waals surface area contributed by atoms with E-state index in [9.17, 15) is 9.59 Å². The maximum Gasteiger partial charge on any atom is 0.223 e. The van der Waals surface area contributed by atoms with E-state index in [1.807, 2.05) is 20.8 Å². The SMILES string of the molecule is COC1(CC(=O)NCC(=O)C(C)(C)C)CCC1. The Morgan fingerprint density at radius 1 is 1.29 bits per heavy atom. The normalized spacial score (nSPS) is 18.4. The molecule has 0 unspecified atom stereocenters. The smallest absolute Gasteiger partial charge is 0.223 e. The Kier molecular flexibility index (Phi) is 4.31. The van der Waals surface area contributed by atoms with Gasteiger partial charge in [-0.25, -0.2) is 0 Å². The topological polar surface area (TPSA) is 55.4 Å². The van der Waals surface area contributed by atoms with Crippen molar-refractivity contribution in [2.75, 3.05) is 13.7 Å². The summed E-state index contributed by atoms with van der Waals surface area (Å²) in [6.07, 6.45) is 3.34. The quantitative estimate of drug-likeness (QED) is 0.796. The van der Waals surface area contributed by atoms with Crippen LogP contribution in [-0.2, 0) is 14.3 Å². The molecule has 0 spiro atoms. The van der Waals surface area contributed by atoms with Gasteiger partial charge in [0.1, 0.15) is 0 Å². The number of amides is 1. The Morgan fingerprint density at radius 3 is 2.24 bits per heavy atom. The van der Waals surface area contributed by atoms with Gasteiger partial charge < -0.3 is 10.1 Å². The van der Waals surface area contributed by atoms with E-state index in [2.05, 4.69) is 5.32 Å². The van der Waals surface area contributed by atoms with Crippen molar-refractivity contribution < 1.29 is 14.3 Å². The average Bonchev–Trinajstić information content (AvgIpc) is 2.18. The van der Waals surface area contributed by atoms with Crippen molar-refractivity contribution in [1.29, 1.82) is 0 Å². The minimum Gasteiger partial charge on any atom is -0.378 e. The van der Waals surface area contributed by atoms with Gasteiger partial charge in [-0.3, -0.25) is 9.59 Å². The minimum atomic E-state index is -0.400. The van der Waals surface area contributed by atoms with Crippen LogP contribution in [0.4, 0.5) is 0 Å². The van der Waals surface area contributed by atoms with Gasteiger partial charge in [0.15, 0.2) is 5.78 Å². The zero-order valence-corrected chi connectivity index (χ0v) is 11.3. The summed E-state index contributed by atoms with van der Waals surface area (Å²) >= 11 is 0. The number of nitrogens with one attached hydrogen (secondary N) is 1. The third-order valence-corrected chi connectivity index (χ3v) is 3.46. The van der Waals surface area contributed by atoms with Crippen LogP contribution >= 0.6 is 0 Å². The van der Waals surface area contributed by atoms with E-state index >= 15 is 0 Å². The van der Waals surface area contributed by atoms with Crippen LogP contribution in [0.5, 0.6) is 0 Å². The molecule has 0 atom stereocenters. The van der Waals surface area contributed by atoms with Crippen LogP contribution in [-0.4, -0.2) is 30.9 Å². The lowest BCUT2D eigenvalue weighted by Gasteiger charge is -2.39. The molecule has 17 heavy (non-hydrogen) atoms. The first-order chi connectivity index (χ1) is 7.79. The highest BCUT2D eigenvalue weighted by molar-refractivity contribution is 5.89. The molecule has 1 N–H and O–H groups in total. The highest BCUT2D eigenvalue weighted by Crippen LogP contribution is 2.37. The van der Waals surface area contributed by atoms with Gasteiger partial charge in [0, 0.05) is 12.5 Å². The number of rotatable bonds is 5. The van der Waals surface area contributed by atoms with Crippen molar-refractivity contribution in [2.24, 2.45) is 5.41 Å². The van der Waals surface area contributed by atoms with E-state index in [1.165, 1.54) is 0 Å². The maximum atomic E-state index is 11.7. The molecule has 0 aromatic rings. The molecule has 1 aliphatic rings. The van der Waals surface area contributed by atoms with Crippen LogP contribution in [0.2, 0.25) is 0 Å². The molecular formula is C13H23NO3. The molecular weight excluding hydrogens is 218 g/mol. The molecule has 4 heteroatoms. The predicted octanol–water partition coefficient (Wildman–Crippen LogP) is 1.68. The lowest BCUT2D eigenvalue weighted by molar-refractivity contribution is -0.136. The van der Waals surface area contributed by atoms with Gasteiger partial charge in [-0.05, 0) is 19.3 Å². The zero-order valence-electron chi connectivity index (χ0n) is 11.3. The van der Waals surface area contributed by atoms with Crippen molar-refractivity contribution in [2.45, 2.75) is 52.1 Å². The maximum absolute atomic E-state index is 11.7. The third kappa shape index (κ3) is 3.80. The van der Waals surface area contributed by atoms with E-state index < -0.39 is 5.41 Å². The lowest BCUT2D eigenvalue weighted by atomic mass is 9.77. The number of ether oxygens (including phenoxy) is 1. The number of methoxy groups -OCH3 is 1. The number of ketones is 1. The van der Waals surface area contributed by atoms with E-state index in [-0.39, 0.29) is 23.8 Å². The summed E-state index contributed by atoms with van der Waals surface area (Å²) in [6.45, 7) is 5.67. The summed E-state index contributed by atoms with van der Waals surface area (Å²) in [4.78, 5) is 23.3. The summed E-state index contributed by atoms with van der Waals surface area (Å²) in [5.41, 5.74) is -0.669. The summed E-state index contributed by atoms with van der Waals surface area (Å²) in [5, 5.41) is 2.68. The lowest BCUT2D eigenvalue weighted by Crippen LogP contribution is -2.45. The molecule has 0 aliphatic heterocycles. The number of carbonyl (C=O) groups excluding carboxylic acids is 2. The van der Waals surface area contributed by atoms with Gasteiger partial charge in [-0.2, -0.15) is 0 Å². The first-order valence-corrected chi connectivity index (χ1v) is 6.14. The Hall–Kier alpha value is -0.900. The summed E-state index contributed by atoms with van der Waals surface area (Å²) in [6, 6.07) is 0. The number of Topliss-reactive ketones (excluding diaryl/α,β-unsaturated/α-hetero) is 1. The van der Waals surface area contributed by atoms with Gasteiger partial charge >= 0.3 is 0 Å². The third-order valence-electron chi connectivity index (χ3n) is 3.46. The van der Waals surface area contributed by atoms with Crippen molar-refractivity contribution in [3.05, 3.63) is 0 Å². The van der Waals surface area contributed by atoms with E-state index in [4.69, 9.17) is 4.74 Å². The van der Waals surface area contributed by atoms with Gasteiger partial charge in [0.25, 0.3) is 0 Å². The Labute approximate surface area is 103 Å². The molecule has 0 radical (unpaired) electrons. The molecule has 0 aromatic heterocycles. The second kappa shape index (κ2) is 5.17. The number of hydrogen-bond acceptors (Lipinski definition) is 3. The molecule has 1 amide bonds. The number of carbonyl (C=O) groups is 2. The molecule has 0 aromatic carbocycles. The first kappa shape index (κ1) is 14.2. The van der Waals surface area contributed by atoms with Crippen molar-refractivity contribution in [1.82, 2.24) is 5.32 Å². The average molecular weight is 241 g/mol. The Bertz CT molecular complexity index is 295. The van der Waals surface area contributed by atoms with Crippen molar-refractivity contribution >= 4 is 11.7 Å². The Balaban J connectivity index is 2.33. The molecule has 4 nitrogen and oxygen atoms in total. The molecule has 1 aliphatic carbocycles. The van der Waals surface area contributed by atoms with Crippen LogP contribution < -0.4 is 5.32 Å². The molecule has 0 saturated heterocycles. The molecule has 1 rings (SSSR count). The van der Waals surface area contributed by atoms with Gasteiger partial charge in [0.05, 0.1) is 18.6 Å². The molecule has 1 fully saturated rings. The van der Waals surface area contributed by atoms with Gasteiger partial charge in [0.2, 0.25) is 5.91 Å². The fourth-order valence-corrected chi connectivity index (χ4v) is 1.82. The summed E-state index contributed by atoms with van der Waals surface area (Å²) in [7, 11) is 1.65. The zero-order chi connectivity index (χ0) is 13.1. The second-order valence-electron chi connectivity index (χ2n) is 5.87. The predicted molar refractivity (Wildman–Crippen MR) is 65.7 cm³/mol. The van der Waals surface area contributed by atoms with E-state index in [0.29, 0.717) is 6.42 Å². The van der Waals surface area contributed by atoms with E-state index in [0.717, 1.165) is 19.3 Å². The van der Waals surface area contributed by atoms with Crippen molar-refractivity contribution in [3.8, 4) is 0 Å². The molecule has 0 bridgehead atoms. The highest BCUT2D eigenvalue weighted by atomic mass is 16.5. The van der Waals surface area contributed by atoms with Gasteiger partial charge in [-0.1, -0.05) is 20.8 Å². The molecule has 0 heterocycles. The van der Waals surface area contributed by atoms with Crippen LogP contribution in [0, 0.1) is 5.41 Å². The largest absolute Gasteiger partial charge is 0.378 e. The number of hydrogen-bond donors (Lipinski definition) is 1.